The zero-order valence-corrected chi connectivity index (χ0v) is 14.8. The van der Waals surface area contributed by atoms with Gasteiger partial charge in [-0.25, -0.2) is 9.97 Å². The van der Waals surface area contributed by atoms with Crippen LogP contribution in [0.4, 0.5) is 5.82 Å². The highest BCUT2D eigenvalue weighted by atomic mass is 16.1. The average molecular weight is 339 g/mol. The molecule has 132 valence electrons. The standard InChI is InChI=1S/C19H25N5O/c1-3-7-12(11-15(20)25)24-16(8-4-2)23-17-18(24)13-9-5-6-10-14(13)22-19(17)21/h5-6,9-10,12H,3-4,7-8,11H2,1-2H3,(H2,20,25)(H2,21,22). The Morgan fingerprint density at radius 2 is 1.96 bits per heavy atom. The number of carbonyl (C=O) groups excluding carboxylic acids is 1. The van der Waals surface area contributed by atoms with Crippen molar-refractivity contribution in [1.29, 1.82) is 0 Å². The molecule has 0 saturated carbocycles. The van der Waals surface area contributed by atoms with Crippen LogP contribution < -0.4 is 11.5 Å². The Morgan fingerprint density at radius 1 is 1.20 bits per heavy atom. The minimum absolute atomic E-state index is 0.0146. The zero-order chi connectivity index (χ0) is 18.0. The predicted octanol–water partition coefficient (Wildman–Crippen LogP) is 3.34. The summed E-state index contributed by atoms with van der Waals surface area (Å²) >= 11 is 0. The van der Waals surface area contributed by atoms with Crippen LogP contribution in [0.2, 0.25) is 0 Å². The first kappa shape index (κ1) is 17.2. The minimum atomic E-state index is -0.297. The smallest absolute Gasteiger partial charge is 0.219 e. The van der Waals surface area contributed by atoms with E-state index >= 15 is 0 Å². The number of nitrogen functional groups attached to an aromatic ring is 1. The fourth-order valence-corrected chi connectivity index (χ4v) is 3.55. The quantitative estimate of drug-likeness (QED) is 0.689. The maximum Gasteiger partial charge on any atom is 0.219 e. The number of carbonyl (C=O) groups is 1. The van der Waals surface area contributed by atoms with Crippen molar-refractivity contribution in [3.63, 3.8) is 0 Å². The van der Waals surface area contributed by atoms with E-state index in [1.807, 2.05) is 24.3 Å². The van der Waals surface area contributed by atoms with Crippen LogP contribution in [0.15, 0.2) is 24.3 Å². The average Bonchev–Trinajstić information content (AvgIpc) is 2.94. The molecule has 1 amide bonds. The maximum absolute atomic E-state index is 11.7. The molecule has 4 N–H and O–H groups in total. The molecular weight excluding hydrogens is 314 g/mol. The lowest BCUT2D eigenvalue weighted by molar-refractivity contribution is -0.118. The second-order valence-corrected chi connectivity index (χ2v) is 6.47. The number of nitrogens with two attached hydrogens (primary N) is 2. The van der Waals surface area contributed by atoms with Crippen LogP contribution >= 0.6 is 0 Å². The number of para-hydroxylation sites is 1. The van der Waals surface area contributed by atoms with E-state index in [1.54, 1.807) is 0 Å². The van der Waals surface area contributed by atoms with Crippen LogP contribution in [-0.2, 0) is 11.2 Å². The molecule has 1 unspecified atom stereocenters. The Bertz CT molecular complexity index is 915. The molecule has 0 fully saturated rings. The number of aryl methyl sites for hydroxylation is 1. The van der Waals surface area contributed by atoms with Gasteiger partial charge in [0.25, 0.3) is 0 Å². The highest BCUT2D eigenvalue weighted by Crippen LogP contribution is 2.33. The monoisotopic (exact) mass is 339 g/mol. The Labute approximate surface area is 147 Å². The van der Waals surface area contributed by atoms with Crippen molar-refractivity contribution in [2.24, 2.45) is 5.73 Å². The van der Waals surface area contributed by atoms with Crippen molar-refractivity contribution in [2.45, 2.75) is 52.0 Å². The Balaban J connectivity index is 2.36. The highest BCUT2D eigenvalue weighted by molar-refractivity contribution is 6.06. The number of pyridine rings is 1. The van der Waals surface area contributed by atoms with Crippen LogP contribution in [0.25, 0.3) is 21.9 Å². The molecule has 6 nitrogen and oxygen atoms in total. The van der Waals surface area contributed by atoms with Gasteiger partial charge in [-0.1, -0.05) is 38.5 Å². The summed E-state index contributed by atoms with van der Waals surface area (Å²) < 4.78 is 2.19. The minimum Gasteiger partial charge on any atom is -0.382 e. The number of rotatable bonds is 7. The molecule has 3 aromatic rings. The molecule has 0 radical (unpaired) electrons. The number of hydrogen-bond donors (Lipinski definition) is 2. The number of hydrogen-bond acceptors (Lipinski definition) is 4. The first-order valence-electron chi connectivity index (χ1n) is 8.90. The summed E-state index contributed by atoms with van der Waals surface area (Å²) in [6, 6.07) is 7.90. The number of anilines is 1. The Kier molecular flexibility index (Phi) is 4.88. The van der Waals surface area contributed by atoms with Gasteiger partial charge in [0.05, 0.1) is 11.0 Å². The lowest BCUT2D eigenvalue weighted by Gasteiger charge is -2.21. The molecule has 1 aromatic carbocycles. The second kappa shape index (κ2) is 7.09. The van der Waals surface area contributed by atoms with Gasteiger partial charge in [0.15, 0.2) is 5.82 Å². The predicted molar refractivity (Wildman–Crippen MR) is 101 cm³/mol. The third-order valence-electron chi connectivity index (χ3n) is 4.52. The van der Waals surface area contributed by atoms with Crippen LogP contribution in [0, 0.1) is 0 Å². The largest absolute Gasteiger partial charge is 0.382 e. The fourth-order valence-electron chi connectivity index (χ4n) is 3.55. The second-order valence-electron chi connectivity index (χ2n) is 6.47. The molecule has 25 heavy (non-hydrogen) atoms. The molecule has 1 atom stereocenters. The van der Waals surface area contributed by atoms with Gasteiger partial charge in [-0.2, -0.15) is 0 Å². The van der Waals surface area contributed by atoms with Gasteiger partial charge in [0, 0.05) is 24.3 Å². The molecule has 0 aliphatic carbocycles. The fraction of sp³-hybridized carbons (Fsp3) is 0.421. The molecule has 0 aliphatic heterocycles. The Morgan fingerprint density at radius 3 is 2.64 bits per heavy atom. The number of aromatic nitrogens is 3. The first-order valence-corrected chi connectivity index (χ1v) is 8.90. The summed E-state index contributed by atoms with van der Waals surface area (Å²) in [6.07, 6.45) is 3.90. The SMILES string of the molecule is CCCc1nc2c(N)nc3ccccc3c2n1C(CCC)CC(N)=O. The first-order chi connectivity index (χ1) is 12.1. The number of benzene rings is 1. The number of amides is 1. The van der Waals surface area contributed by atoms with Crippen LogP contribution in [-0.4, -0.2) is 20.4 Å². The maximum atomic E-state index is 11.7. The van der Waals surface area contributed by atoms with E-state index in [-0.39, 0.29) is 11.9 Å². The highest BCUT2D eigenvalue weighted by Gasteiger charge is 2.23. The lowest BCUT2D eigenvalue weighted by atomic mass is 10.1. The van der Waals surface area contributed by atoms with Crippen LogP contribution in [0.1, 0.15) is 51.4 Å². The van der Waals surface area contributed by atoms with Gasteiger partial charge < -0.3 is 16.0 Å². The van der Waals surface area contributed by atoms with Crippen molar-refractivity contribution in [2.75, 3.05) is 5.73 Å². The molecule has 0 saturated heterocycles. The van der Waals surface area contributed by atoms with Crippen molar-refractivity contribution < 1.29 is 4.79 Å². The van der Waals surface area contributed by atoms with E-state index in [4.69, 9.17) is 16.5 Å². The summed E-state index contributed by atoms with van der Waals surface area (Å²) in [6.45, 7) is 4.23. The summed E-state index contributed by atoms with van der Waals surface area (Å²) in [7, 11) is 0. The molecule has 0 spiro atoms. The van der Waals surface area contributed by atoms with E-state index < -0.39 is 0 Å². The molecule has 2 heterocycles. The third-order valence-corrected chi connectivity index (χ3v) is 4.52. The molecule has 0 aliphatic rings. The van der Waals surface area contributed by atoms with E-state index in [9.17, 15) is 4.79 Å². The van der Waals surface area contributed by atoms with Crippen LogP contribution in [0.3, 0.4) is 0 Å². The van der Waals surface area contributed by atoms with Crippen LogP contribution in [0.5, 0.6) is 0 Å². The van der Waals surface area contributed by atoms with E-state index in [0.29, 0.717) is 17.8 Å². The molecule has 0 bridgehead atoms. The summed E-state index contributed by atoms with van der Waals surface area (Å²) in [4.78, 5) is 20.9. The molecule has 3 rings (SSSR count). The van der Waals surface area contributed by atoms with Gasteiger partial charge in [0.2, 0.25) is 5.91 Å². The van der Waals surface area contributed by atoms with E-state index in [2.05, 4.69) is 23.4 Å². The Hall–Kier alpha value is -2.63. The van der Waals surface area contributed by atoms with E-state index in [0.717, 1.165) is 47.9 Å². The summed E-state index contributed by atoms with van der Waals surface area (Å²) in [5, 5.41) is 1.01. The van der Waals surface area contributed by atoms with Gasteiger partial charge in [0.1, 0.15) is 11.3 Å². The van der Waals surface area contributed by atoms with Crippen molar-refractivity contribution in [3.8, 4) is 0 Å². The third kappa shape index (κ3) is 3.16. The molecule has 2 aromatic heterocycles. The number of nitrogens with zero attached hydrogens (tertiary/aromatic N) is 3. The van der Waals surface area contributed by atoms with Gasteiger partial charge >= 0.3 is 0 Å². The summed E-state index contributed by atoms with van der Waals surface area (Å²) in [5.41, 5.74) is 14.2. The summed E-state index contributed by atoms with van der Waals surface area (Å²) in [5.74, 6) is 1.08. The normalized spacial score (nSPS) is 12.7. The molecular formula is C19H25N5O. The zero-order valence-electron chi connectivity index (χ0n) is 14.8. The molecule has 6 heteroatoms. The van der Waals surface area contributed by atoms with E-state index in [1.165, 1.54) is 0 Å². The number of primary amides is 1. The lowest BCUT2D eigenvalue weighted by Crippen LogP contribution is -2.21. The number of fused-ring (bicyclic) bond motifs is 3. The van der Waals surface area contributed by atoms with Crippen molar-refractivity contribution in [1.82, 2.24) is 14.5 Å². The van der Waals surface area contributed by atoms with Gasteiger partial charge in [-0.3, -0.25) is 4.79 Å². The van der Waals surface area contributed by atoms with Gasteiger partial charge in [-0.15, -0.1) is 0 Å². The topological polar surface area (TPSA) is 99.8 Å². The van der Waals surface area contributed by atoms with Crippen molar-refractivity contribution >= 4 is 33.7 Å². The van der Waals surface area contributed by atoms with Gasteiger partial charge in [-0.05, 0) is 18.9 Å². The van der Waals surface area contributed by atoms with Crippen molar-refractivity contribution in [3.05, 3.63) is 30.1 Å². The number of imidazole rings is 1.